The molecule has 3 aromatic rings. The van der Waals surface area contributed by atoms with Crippen LogP contribution in [0.2, 0.25) is 0 Å². The van der Waals surface area contributed by atoms with Crippen LogP contribution in [0.4, 0.5) is 5.69 Å². The number of carbonyl (C=O) groups is 1. The molecule has 3 rings (SSSR count). The summed E-state index contributed by atoms with van der Waals surface area (Å²) in [7, 11) is 4.78. The van der Waals surface area contributed by atoms with Crippen LogP contribution >= 0.6 is 11.3 Å². The molecule has 0 aliphatic carbocycles. The van der Waals surface area contributed by atoms with E-state index in [1.165, 1.54) is 0 Å². The maximum atomic E-state index is 12.3. The number of hydrogen-bond acceptors (Lipinski definition) is 6. The fraction of sp³-hybridized carbons (Fsp3) is 0.238. The number of amides is 1. The molecule has 7 heteroatoms. The zero-order chi connectivity index (χ0) is 19.9. The van der Waals surface area contributed by atoms with Gasteiger partial charge in [-0.25, -0.2) is 4.98 Å². The monoisotopic (exact) mass is 398 g/mol. The largest absolute Gasteiger partial charge is 0.496 e. The van der Waals surface area contributed by atoms with Gasteiger partial charge in [0.05, 0.1) is 32.6 Å². The van der Waals surface area contributed by atoms with Crippen LogP contribution in [-0.2, 0) is 11.2 Å². The van der Waals surface area contributed by atoms with Gasteiger partial charge in [0, 0.05) is 23.6 Å². The van der Waals surface area contributed by atoms with Gasteiger partial charge in [-0.1, -0.05) is 12.1 Å². The number of methoxy groups -OCH3 is 3. The number of para-hydroxylation sites is 1. The standard InChI is InChI=1S/C21H22N2O4S/c1-25-17-7-5-4-6-16(17)21-23-15(13-28-21)9-11-20(24)22-14-8-10-18(26-2)19(12-14)27-3/h4-8,10,12-13H,9,11H2,1-3H3,(H,22,24). The molecule has 0 unspecified atom stereocenters. The number of benzene rings is 2. The molecule has 2 aromatic carbocycles. The summed E-state index contributed by atoms with van der Waals surface area (Å²) in [5.74, 6) is 1.89. The minimum atomic E-state index is -0.0842. The Morgan fingerprint density at radius 2 is 1.75 bits per heavy atom. The van der Waals surface area contributed by atoms with Gasteiger partial charge in [0.15, 0.2) is 11.5 Å². The summed E-state index contributed by atoms with van der Waals surface area (Å²) in [6.45, 7) is 0. The van der Waals surface area contributed by atoms with Crippen LogP contribution in [0.5, 0.6) is 17.2 Å². The summed E-state index contributed by atoms with van der Waals surface area (Å²) in [4.78, 5) is 16.9. The average molecular weight is 398 g/mol. The van der Waals surface area contributed by atoms with Crippen LogP contribution in [0.3, 0.4) is 0 Å². The Labute approximate surface area is 168 Å². The van der Waals surface area contributed by atoms with Crippen LogP contribution < -0.4 is 19.5 Å². The van der Waals surface area contributed by atoms with Crippen molar-refractivity contribution < 1.29 is 19.0 Å². The highest BCUT2D eigenvalue weighted by molar-refractivity contribution is 7.13. The van der Waals surface area contributed by atoms with E-state index in [0.29, 0.717) is 30.0 Å². The third-order valence-electron chi connectivity index (χ3n) is 4.16. The lowest BCUT2D eigenvalue weighted by atomic mass is 10.2. The highest BCUT2D eigenvalue weighted by atomic mass is 32.1. The van der Waals surface area contributed by atoms with Crippen LogP contribution in [0.25, 0.3) is 10.6 Å². The summed E-state index contributed by atoms with van der Waals surface area (Å²) >= 11 is 1.54. The fourth-order valence-corrected chi connectivity index (χ4v) is 3.63. The van der Waals surface area contributed by atoms with Gasteiger partial charge in [0.25, 0.3) is 0 Å². The van der Waals surface area contributed by atoms with Gasteiger partial charge in [0.1, 0.15) is 10.8 Å². The maximum absolute atomic E-state index is 12.3. The number of hydrogen-bond donors (Lipinski definition) is 1. The van der Waals surface area contributed by atoms with Gasteiger partial charge in [-0.2, -0.15) is 0 Å². The molecule has 0 spiro atoms. The SMILES string of the molecule is COc1ccc(NC(=O)CCc2csc(-c3ccccc3OC)n2)cc1OC. The normalized spacial score (nSPS) is 10.4. The molecule has 28 heavy (non-hydrogen) atoms. The molecule has 0 aliphatic rings. The molecule has 0 bridgehead atoms. The second-order valence-corrected chi connectivity index (χ2v) is 6.82. The zero-order valence-corrected chi connectivity index (χ0v) is 16.8. The molecule has 146 valence electrons. The Morgan fingerprint density at radius 1 is 1.00 bits per heavy atom. The van der Waals surface area contributed by atoms with Gasteiger partial charge in [-0.3, -0.25) is 4.79 Å². The van der Waals surface area contributed by atoms with E-state index in [0.717, 1.165) is 22.0 Å². The Kier molecular flexibility index (Phi) is 6.49. The fourth-order valence-electron chi connectivity index (χ4n) is 2.75. The van der Waals surface area contributed by atoms with Crippen molar-refractivity contribution in [3.8, 4) is 27.8 Å². The van der Waals surface area contributed by atoms with Crippen LogP contribution in [0.15, 0.2) is 47.8 Å². The van der Waals surface area contributed by atoms with Crippen molar-refractivity contribution in [2.24, 2.45) is 0 Å². The van der Waals surface area contributed by atoms with Crippen molar-refractivity contribution in [1.82, 2.24) is 4.98 Å². The molecular weight excluding hydrogens is 376 g/mol. The average Bonchev–Trinajstić information content (AvgIpc) is 3.21. The summed E-state index contributed by atoms with van der Waals surface area (Å²) in [6.07, 6.45) is 0.897. The minimum Gasteiger partial charge on any atom is -0.496 e. The zero-order valence-electron chi connectivity index (χ0n) is 16.0. The molecular formula is C21H22N2O4S. The predicted molar refractivity (Wildman–Crippen MR) is 111 cm³/mol. The van der Waals surface area contributed by atoms with Crippen molar-refractivity contribution in [3.63, 3.8) is 0 Å². The number of nitrogens with one attached hydrogen (secondary N) is 1. The van der Waals surface area contributed by atoms with E-state index in [2.05, 4.69) is 10.3 Å². The van der Waals surface area contributed by atoms with Crippen molar-refractivity contribution >= 4 is 22.9 Å². The summed E-state index contributed by atoms with van der Waals surface area (Å²) in [5, 5.41) is 5.74. The number of thiazole rings is 1. The van der Waals surface area contributed by atoms with Crippen LogP contribution in [0.1, 0.15) is 12.1 Å². The number of carbonyl (C=O) groups excluding carboxylic acids is 1. The Morgan fingerprint density at radius 3 is 2.50 bits per heavy atom. The van der Waals surface area contributed by atoms with E-state index in [9.17, 15) is 4.79 Å². The first-order chi connectivity index (χ1) is 13.6. The van der Waals surface area contributed by atoms with Crippen molar-refractivity contribution in [1.29, 1.82) is 0 Å². The van der Waals surface area contributed by atoms with Gasteiger partial charge in [0.2, 0.25) is 5.91 Å². The van der Waals surface area contributed by atoms with Gasteiger partial charge >= 0.3 is 0 Å². The first-order valence-corrected chi connectivity index (χ1v) is 9.62. The smallest absolute Gasteiger partial charge is 0.224 e. The molecule has 1 aromatic heterocycles. The van der Waals surface area contributed by atoms with Crippen molar-refractivity contribution in [2.45, 2.75) is 12.8 Å². The minimum absolute atomic E-state index is 0.0842. The molecule has 0 radical (unpaired) electrons. The number of aromatic nitrogens is 1. The van der Waals surface area contributed by atoms with E-state index in [4.69, 9.17) is 14.2 Å². The van der Waals surface area contributed by atoms with E-state index in [1.54, 1.807) is 50.9 Å². The maximum Gasteiger partial charge on any atom is 0.224 e. The summed E-state index contributed by atoms with van der Waals surface area (Å²) < 4.78 is 15.9. The number of ether oxygens (including phenoxy) is 3. The van der Waals surface area contributed by atoms with Gasteiger partial charge in [-0.15, -0.1) is 11.3 Å². The molecule has 1 heterocycles. The van der Waals surface area contributed by atoms with E-state index < -0.39 is 0 Å². The molecule has 0 aliphatic heterocycles. The number of nitrogens with zero attached hydrogens (tertiary/aromatic N) is 1. The quantitative estimate of drug-likeness (QED) is 0.609. The topological polar surface area (TPSA) is 69.7 Å². The van der Waals surface area contributed by atoms with Crippen molar-refractivity contribution in [2.75, 3.05) is 26.6 Å². The molecule has 1 N–H and O–H groups in total. The lowest BCUT2D eigenvalue weighted by Gasteiger charge is -2.10. The molecule has 6 nitrogen and oxygen atoms in total. The van der Waals surface area contributed by atoms with E-state index in [-0.39, 0.29) is 5.91 Å². The first kappa shape index (κ1) is 19.7. The van der Waals surface area contributed by atoms with Gasteiger partial charge < -0.3 is 19.5 Å². The lowest BCUT2D eigenvalue weighted by Crippen LogP contribution is -2.12. The molecule has 1 amide bonds. The Bertz CT molecular complexity index is 955. The van der Waals surface area contributed by atoms with E-state index in [1.807, 2.05) is 29.6 Å². The van der Waals surface area contributed by atoms with E-state index >= 15 is 0 Å². The highest BCUT2D eigenvalue weighted by Crippen LogP contribution is 2.32. The van der Waals surface area contributed by atoms with Crippen LogP contribution in [0, 0.1) is 0 Å². The third kappa shape index (κ3) is 4.61. The first-order valence-electron chi connectivity index (χ1n) is 8.74. The third-order valence-corrected chi connectivity index (χ3v) is 5.09. The molecule has 0 atom stereocenters. The van der Waals surface area contributed by atoms with Crippen LogP contribution in [-0.4, -0.2) is 32.2 Å². The second-order valence-electron chi connectivity index (χ2n) is 5.96. The number of anilines is 1. The second kappa shape index (κ2) is 9.23. The Hall–Kier alpha value is -3.06. The molecule has 0 saturated carbocycles. The summed E-state index contributed by atoms with van der Waals surface area (Å²) in [6, 6.07) is 13.0. The number of aryl methyl sites for hydroxylation is 1. The number of rotatable bonds is 8. The summed E-state index contributed by atoms with van der Waals surface area (Å²) in [5.41, 5.74) is 2.50. The highest BCUT2D eigenvalue weighted by Gasteiger charge is 2.12. The predicted octanol–water partition coefficient (Wildman–Crippen LogP) is 4.41. The molecule has 0 fully saturated rings. The lowest BCUT2D eigenvalue weighted by molar-refractivity contribution is -0.116. The Balaban J connectivity index is 1.60. The van der Waals surface area contributed by atoms with Gasteiger partial charge in [-0.05, 0) is 30.7 Å². The molecule has 0 saturated heterocycles. The van der Waals surface area contributed by atoms with Crippen molar-refractivity contribution in [3.05, 3.63) is 53.5 Å².